The third-order valence-corrected chi connectivity index (χ3v) is 6.45. The zero-order valence-corrected chi connectivity index (χ0v) is 16.9. The van der Waals surface area contributed by atoms with Crippen LogP contribution in [0.25, 0.3) is 0 Å². The van der Waals surface area contributed by atoms with Gasteiger partial charge in [-0.2, -0.15) is 0 Å². The molecule has 0 unspecified atom stereocenters. The Hall–Kier alpha value is -1.87. The Bertz CT molecular complexity index is 839. The highest BCUT2D eigenvalue weighted by molar-refractivity contribution is 7.99. The number of methoxy groups -OCH3 is 1. The number of thiophene rings is 1. The Morgan fingerprint density at radius 1 is 1.35 bits per heavy atom. The van der Waals surface area contributed by atoms with Gasteiger partial charge >= 0.3 is 5.97 Å². The summed E-state index contributed by atoms with van der Waals surface area (Å²) >= 11 is 2.75. The molecule has 0 bridgehead atoms. The number of carbonyl (C=O) groups is 2. The molecule has 9 heteroatoms. The largest absolute Gasteiger partial charge is 0.465 e. The van der Waals surface area contributed by atoms with E-state index in [4.69, 9.17) is 4.74 Å². The fraction of sp³-hybridized carbons (Fsp3) is 0.529. The van der Waals surface area contributed by atoms with Crippen molar-refractivity contribution in [2.45, 2.75) is 51.2 Å². The molecule has 26 heavy (non-hydrogen) atoms. The van der Waals surface area contributed by atoms with Crippen molar-refractivity contribution in [3.05, 3.63) is 21.8 Å². The maximum Gasteiger partial charge on any atom is 0.341 e. The molecular formula is C17H22N4O3S2. The smallest absolute Gasteiger partial charge is 0.341 e. The van der Waals surface area contributed by atoms with Gasteiger partial charge in [0.25, 0.3) is 0 Å². The van der Waals surface area contributed by atoms with Crippen LogP contribution in [-0.4, -0.2) is 39.5 Å². The summed E-state index contributed by atoms with van der Waals surface area (Å²) in [5.74, 6) is 1.13. The number of carbonyl (C=O) groups excluding carboxylic acids is 2. The molecule has 0 saturated heterocycles. The van der Waals surface area contributed by atoms with Gasteiger partial charge < -0.3 is 14.6 Å². The molecule has 2 aromatic heterocycles. The van der Waals surface area contributed by atoms with Gasteiger partial charge in [0.15, 0.2) is 5.16 Å². The summed E-state index contributed by atoms with van der Waals surface area (Å²) in [5, 5.41) is 12.6. The normalized spacial score (nSPS) is 13.7. The fourth-order valence-corrected chi connectivity index (χ4v) is 4.58. The maximum atomic E-state index is 12.4. The first-order valence-electron chi connectivity index (χ1n) is 8.50. The first-order valence-corrected chi connectivity index (χ1v) is 10.3. The number of aryl methyl sites for hydroxylation is 1. The van der Waals surface area contributed by atoms with Crippen LogP contribution in [0.15, 0.2) is 5.16 Å². The minimum atomic E-state index is -0.436. The van der Waals surface area contributed by atoms with E-state index in [1.807, 2.05) is 13.8 Å². The van der Waals surface area contributed by atoms with Gasteiger partial charge in [0.05, 0.1) is 18.4 Å². The molecule has 1 amide bonds. The number of nitrogens with zero attached hydrogens (tertiary/aromatic N) is 3. The Balaban J connectivity index is 1.67. The van der Waals surface area contributed by atoms with Crippen LogP contribution >= 0.6 is 23.1 Å². The van der Waals surface area contributed by atoms with Crippen LogP contribution in [0.3, 0.4) is 0 Å². The summed E-state index contributed by atoms with van der Waals surface area (Å²) in [6.07, 6.45) is 2.33. The molecule has 1 aliphatic carbocycles. The van der Waals surface area contributed by atoms with Gasteiger partial charge in [-0.25, -0.2) is 4.79 Å². The number of aromatic nitrogens is 3. The number of ether oxygens (including phenoxy) is 1. The van der Waals surface area contributed by atoms with Gasteiger partial charge in [0.1, 0.15) is 10.8 Å². The molecule has 0 atom stereocenters. The second-order valence-electron chi connectivity index (χ2n) is 6.18. The van der Waals surface area contributed by atoms with Gasteiger partial charge in [-0.3, -0.25) is 4.79 Å². The van der Waals surface area contributed by atoms with Gasteiger partial charge in [-0.15, -0.1) is 21.5 Å². The number of anilines is 1. The minimum absolute atomic E-state index is 0.181. The van der Waals surface area contributed by atoms with E-state index in [9.17, 15) is 9.59 Å². The lowest BCUT2D eigenvalue weighted by molar-refractivity contribution is -0.113. The second kappa shape index (κ2) is 7.79. The number of thioether (sulfide) groups is 1. The highest BCUT2D eigenvalue weighted by Crippen LogP contribution is 2.40. The topological polar surface area (TPSA) is 86.1 Å². The van der Waals surface area contributed by atoms with E-state index in [0.29, 0.717) is 16.5 Å². The van der Waals surface area contributed by atoms with Crippen molar-refractivity contribution >= 4 is 40.0 Å². The Kier molecular flexibility index (Phi) is 5.67. The van der Waals surface area contributed by atoms with Gasteiger partial charge in [-0.05, 0) is 39.2 Å². The van der Waals surface area contributed by atoms with Crippen molar-refractivity contribution in [3.8, 4) is 0 Å². The van der Waals surface area contributed by atoms with Crippen molar-refractivity contribution in [1.29, 1.82) is 0 Å². The summed E-state index contributed by atoms with van der Waals surface area (Å²) < 4.78 is 6.91. The predicted molar refractivity (Wildman–Crippen MR) is 102 cm³/mol. The second-order valence-corrected chi connectivity index (χ2v) is 8.34. The van der Waals surface area contributed by atoms with Crippen molar-refractivity contribution in [3.63, 3.8) is 0 Å². The quantitative estimate of drug-likeness (QED) is 0.572. The third-order valence-electron chi connectivity index (χ3n) is 4.36. The first kappa shape index (κ1) is 18.9. The van der Waals surface area contributed by atoms with Crippen LogP contribution in [0.2, 0.25) is 0 Å². The third kappa shape index (κ3) is 3.78. The maximum absolute atomic E-state index is 12.4. The number of esters is 1. The summed E-state index contributed by atoms with van der Waals surface area (Å²) in [5.41, 5.74) is 1.27. The molecule has 0 spiro atoms. The molecule has 0 aliphatic heterocycles. The average molecular weight is 395 g/mol. The minimum Gasteiger partial charge on any atom is -0.465 e. The molecule has 1 aliphatic rings. The molecule has 0 radical (unpaired) electrons. The monoisotopic (exact) mass is 394 g/mol. The Morgan fingerprint density at radius 3 is 2.69 bits per heavy atom. The van der Waals surface area contributed by atoms with E-state index in [1.165, 1.54) is 30.2 Å². The molecule has 2 aromatic rings. The molecule has 0 aromatic carbocycles. The van der Waals surface area contributed by atoms with Gasteiger partial charge in [-0.1, -0.05) is 11.8 Å². The molecule has 3 rings (SSSR count). The van der Waals surface area contributed by atoms with Crippen LogP contribution in [-0.2, 0) is 16.1 Å². The molecule has 2 heterocycles. The lowest BCUT2D eigenvalue weighted by Crippen LogP contribution is -2.16. The number of nitrogens with one attached hydrogen (secondary N) is 1. The average Bonchev–Trinajstić information content (AvgIpc) is 3.32. The lowest BCUT2D eigenvalue weighted by atomic mass is 10.1. The summed E-state index contributed by atoms with van der Waals surface area (Å²) in [6.45, 7) is 6.61. The van der Waals surface area contributed by atoms with Gasteiger partial charge in [0, 0.05) is 17.3 Å². The van der Waals surface area contributed by atoms with E-state index >= 15 is 0 Å². The summed E-state index contributed by atoms with van der Waals surface area (Å²) in [4.78, 5) is 25.4. The molecule has 1 fully saturated rings. The van der Waals surface area contributed by atoms with Crippen molar-refractivity contribution in [1.82, 2.24) is 14.8 Å². The Morgan fingerprint density at radius 2 is 2.08 bits per heavy atom. The number of amides is 1. The van der Waals surface area contributed by atoms with Crippen LogP contribution in [0, 0.1) is 13.8 Å². The van der Waals surface area contributed by atoms with Crippen molar-refractivity contribution < 1.29 is 14.3 Å². The molecule has 1 saturated carbocycles. The number of rotatable bonds is 7. The molecule has 1 N–H and O–H groups in total. The predicted octanol–water partition coefficient (Wildman–Crippen LogP) is 3.37. The Labute approximate surface area is 160 Å². The SMILES string of the molecule is CCn1c(SCC(=O)Nc2sc(C)c(C)c2C(=O)OC)nnc1C1CC1. The van der Waals surface area contributed by atoms with Crippen LogP contribution in [0.5, 0.6) is 0 Å². The van der Waals surface area contributed by atoms with E-state index < -0.39 is 5.97 Å². The fourth-order valence-electron chi connectivity index (χ4n) is 2.70. The first-order chi connectivity index (χ1) is 12.5. The van der Waals surface area contributed by atoms with E-state index in [1.54, 1.807) is 0 Å². The number of hydrogen-bond acceptors (Lipinski definition) is 7. The highest BCUT2D eigenvalue weighted by Gasteiger charge is 2.30. The van der Waals surface area contributed by atoms with Crippen LogP contribution in [0.4, 0.5) is 5.00 Å². The van der Waals surface area contributed by atoms with Crippen molar-refractivity contribution in [2.24, 2.45) is 0 Å². The van der Waals surface area contributed by atoms with Crippen LogP contribution < -0.4 is 5.32 Å². The standard InChI is InChI=1S/C17H22N4O3S2/c1-5-21-14(11-6-7-11)19-20-17(21)25-8-12(22)18-15-13(16(23)24-4)9(2)10(3)26-15/h11H,5-8H2,1-4H3,(H,18,22). The molecular weight excluding hydrogens is 372 g/mol. The number of hydrogen-bond donors (Lipinski definition) is 1. The molecule has 7 nitrogen and oxygen atoms in total. The zero-order valence-electron chi connectivity index (χ0n) is 15.3. The van der Waals surface area contributed by atoms with Crippen LogP contribution in [0.1, 0.15) is 52.3 Å². The van der Waals surface area contributed by atoms with E-state index in [2.05, 4.69) is 27.0 Å². The summed E-state index contributed by atoms with van der Waals surface area (Å²) in [6, 6.07) is 0. The van der Waals surface area contributed by atoms with Crippen molar-refractivity contribution in [2.75, 3.05) is 18.2 Å². The molecule has 140 valence electrons. The lowest BCUT2D eigenvalue weighted by Gasteiger charge is -2.07. The van der Waals surface area contributed by atoms with Gasteiger partial charge in [0.2, 0.25) is 5.91 Å². The zero-order chi connectivity index (χ0) is 18.8. The highest BCUT2D eigenvalue weighted by atomic mass is 32.2. The van der Waals surface area contributed by atoms with E-state index in [0.717, 1.165) is 40.8 Å². The summed E-state index contributed by atoms with van der Waals surface area (Å²) in [7, 11) is 1.34. The van der Waals surface area contributed by atoms with E-state index in [-0.39, 0.29) is 11.7 Å².